The normalized spacial score (nSPS) is 15.9. The third-order valence-electron chi connectivity index (χ3n) is 23.3. The van der Waals surface area contributed by atoms with Gasteiger partial charge in [-0.2, -0.15) is 47.9 Å². The van der Waals surface area contributed by atoms with E-state index in [2.05, 4.69) is 187 Å². The van der Waals surface area contributed by atoms with Crippen molar-refractivity contribution < 1.29 is 75.2 Å². The number of esters is 1. The van der Waals surface area contributed by atoms with E-state index < -0.39 is 71.8 Å². The van der Waals surface area contributed by atoms with E-state index in [-0.39, 0.29) is 68.2 Å². The van der Waals surface area contributed by atoms with Crippen LogP contribution in [0.3, 0.4) is 0 Å². The maximum atomic E-state index is 13.6. The topological polar surface area (TPSA) is 78.9 Å². The largest absolute Gasteiger partial charge is 0.534 e. The summed E-state index contributed by atoms with van der Waals surface area (Å²) in [6, 6.07) is 108. The lowest BCUT2D eigenvalue weighted by atomic mass is 9.54. The second-order valence-corrected chi connectivity index (χ2v) is 47.4. The minimum Gasteiger partial charge on any atom is -0.481 e. The first kappa shape index (κ1) is 102. The molecule has 4 saturated carbocycles. The molecule has 0 N–H and O–H groups in total. The van der Waals surface area contributed by atoms with Gasteiger partial charge in [-0.25, -0.2) is 13.6 Å². The van der Waals surface area contributed by atoms with Crippen molar-refractivity contribution in [2.24, 2.45) is 17.8 Å². The Morgan fingerprint density at radius 2 is 0.593 bits per heavy atom. The molecule has 0 radical (unpaired) electrons. The van der Waals surface area contributed by atoms with Crippen molar-refractivity contribution in [2.75, 3.05) is 12.9 Å². The van der Waals surface area contributed by atoms with Crippen molar-refractivity contribution >= 4 is 70.6 Å². The van der Waals surface area contributed by atoms with Crippen LogP contribution in [0.2, 0.25) is 0 Å². The molecule has 4 aliphatic carbocycles. The summed E-state index contributed by atoms with van der Waals surface area (Å²) >= 11 is 0. The highest BCUT2D eigenvalue weighted by atomic mass is 32.2. The van der Waals surface area contributed by atoms with Gasteiger partial charge < -0.3 is 13.7 Å². The first-order valence-corrected chi connectivity index (χ1v) is 52.1. The molecule has 4 aliphatic rings. The molecule has 0 saturated heterocycles. The lowest BCUT2D eigenvalue weighted by molar-refractivity contribution is -0.188. The number of ether oxygens (including phenoxy) is 2. The van der Waals surface area contributed by atoms with Gasteiger partial charge in [-0.15, -0.1) is 0 Å². The van der Waals surface area contributed by atoms with Gasteiger partial charge in [-0.05, 0) is 274 Å². The summed E-state index contributed by atoms with van der Waals surface area (Å²) in [5.74, 6) is 1.99. The molecular weight excluding hydrogens is 1840 g/mol. The molecule has 14 aromatic carbocycles. The fourth-order valence-corrected chi connectivity index (χ4v) is 28.1. The molecule has 6 nitrogen and oxygen atoms in total. The number of alkyl halides is 9. The monoisotopic (exact) mass is 1950 g/mol. The van der Waals surface area contributed by atoms with E-state index >= 15 is 0 Å². The van der Waals surface area contributed by atoms with Crippen molar-refractivity contribution in [1.29, 1.82) is 0 Å². The van der Waals surface area contributed by atoms with Crippen LogP contribution in [0.5, 0.6) is 11.5 Å². The zero-order valence-electron chi connectivity index (χ0n) is 76.7. The Bertz CT molecular complexity index is 6080. The third kappa shape index (κ3) is 26.7. The number of carbonyl (C=O) groups is 1. The number of carbonyl (C=O) groups excluding carboxylic acids is 1. The van der Waals surface area contributed by atoms with Gasteiger partial charge in [0.1, 0.15) is 35.0 Å². The fourth-order valence-electron chi connectivity index (χ4n) is 17.3. The Morgan fingerprint density at radius 1 is 0.326 bits per heavy atom. The van der Waals surface area contributed by atoms with Crippen molar-refractivity contribution in [2.45, 2.75) is 211 Å². The smallest absolute Gasteiger partial charge is 0.481 e. The third-order valence-corrected chi connectivity index (χ3v) is 35.0. The van der Waals surface area contributed by atoms with Gasteiger partial charge in [0.25, 0.3) is 0 Å². The van der Waals surface area contributed by atoms with E-state index in [0.29, 0.717) is 25.8 Å². The maximum Gasteiger partial charge on any atom is 0.534 e. The SMILES string of the molecule is C[S+](c1ccc(C(C)(C)C)cc1)c1ccc(C(C)(C)C)cc1.Cc1cc([S+](c2ccccc2)c2ccccc2)cc(C)c1OCC(=O)OC12CC3CC(CC(C3)C1)C2.Cc1cc([S+](c2ccccc2)c2ccccc2)cc(C)c1OS(=O)(=O)C(F)(F)F.FC(F)(F)c1cccc([S+](c2ccccc2)c2cccc(C(F)(F)F)c2)c1.Fc1cccc([S+](c2ccccc2)c2cccc(F)c2)c1. The van der Waals surface area contributed by atoms with Crippen LogP contribution in [-0.2, 0) is 97.3 Å². The van der Waals surface area contributed by atoms with Crippen LogP contribution < -0.4 is 8.92 Å². The summed E-state index contributed by atoms with van der Waals surface area (Å²) in [4.78, 5) is 26.5. The lowest BCUT2D eigenvalue weighted by Gasteiger charge is -2.55. The fraction of sp³-hybridized carbons (Fsp3) is 0.241. The molecule has 0 amide bonds. The molecule has 23 heteroatoms. The van der Waals surface area contributed by atoms with E-state index in [1.807, 2.05) is 103 Å². The van der Waals surface area contributed by atoms with Gasteiger partial charge in [-0.1, -0.05) is 199 Å². The zero-order chi connectivity index (χ0) is 96.8. The predicted octanol–water partition coefficient (Wildman–Crippen LogP) is 30.7. The van der Waals surface area contributed by atoms with Gasteiger partial charge in [0.2, 0.25) is 0 Å². The van der Waals surface area contributed by atoms with E-state index in [9.17, 15) is 61.5 Å². The highest BCUT2D eigenvalue weighted by molar-refractivity contribution is 7.98. The van der Waals surface area contributed by atoms with Gasteiger partial charge in [0, 0.05) is 48.5 Å². The van der Waals surface area contributed by atoms with E-state index in [1.165, 1.54) is 117 Å². The predicted molar refractivity (Wildman–Crippen MR) is 523 cm³/mol. The second kappa shape index (κ2) is 44.0. The van der Waals surface area contributed by atoms with Crippen LogP contribution in [0.4, 0.5) is 48.3 Å². The molecule has 0 atom stereocenters. The minimum absolute atomic E-state index is 0.0220. The molecule has 0 aliphatic heterocycles. The Balaban J connectivity index is 0.000000145. The van der Waals surface area contributed by atoms with Crippen molar-refractivity contribution in [3.8, 4) is 11.5 Å². The van der Waals surface area contributed by atoms with Crippen LogP contribution in [0, 0.1) is 57.1 Å². The Morgan fingerprint density at radius 3 is 0.867 bits per heavy atom. The van der Waals surface area contributed by atoms with Crippen LogP contribution >= 0.6 is 0 Å². The van der Waals surface area contributed by atoms with E-state index in [0.717, 1.165) is 108 Å². The first-order valence-electron chi connectivity index (χ1n) is 44.1. The maximum absolute atomic E-state index is 13.6. The summed E-state index contributed by atoms with van der Waals surface area (Å²) in [7, 11) is -7.94. The molecule has 0 unspecified atom stereocenters. The summed E-state index contributed by atoms with van der Waals surface area (Å²) in [5.41, 5.74) is -1.39. The number of hydrogen-bond acceptors (Lipinski definition) is 6. The molecular formula is C112H108F11O6S6+5. The van der Waals surface area contributed by atoms with Crippen molar-refractivity contribution in [1.82, 2.24) is 0 Å². The molecule has 700 valence electrons. The summed E-state index contributed by atoms with van der Waals surface area (Å²) in [6.45, 7) is 20.8. The van der Waals surface area contributed by atoms with Gasteiger partial charge in [-0.3, -0.25) is 0 Å². The van der Waals surface area contributed by atoms with E-state index in [1.54, 1.807) is 54.6 Å². The summed E-state index contributed by atoms with van der Waals surface area (Å²) < 4.78 is 184. The minimum atomic E-state index is -5.73. The molecule has 4 fully saturated rings. The summed E-state index contributed by atoms with van der Waals surface area (Å²) in [5, 5.41) is 0. The second-order valence-electron chi connectivity index (χ2n) is 35.7. The Hall–Kier alpha value is -10.9. The zero-order valence-corrected chi connectivity index (χ0v) is 81.6. The number of benzene rings is 14. The first-order chi connectivity index (χ1) is 64.1. The Labute approximate surface area is 800 Å². The quantitative estimate of drug-likeness (QED) is 0.0249. The molecule has 0 spiro atoms. The number of aryl methyl sites for hydroxylation is 4. The standard InChI is InChI=1S/C32H35O3S.C21H18F3O3S2.C21H29S.C20H13F6S.C18H13F2S/c1-22-13-29(36(27-9-5-3-6-10-27)28-11-7-4-8-12-28)14-23(2)31(22)34-21-30(33)35-32-18-24-15-25(19-32)17-26(16-24)20-32;1-15-13-19(14-16(2)20(15)27-29(25,26)21(22,23)24)28(17-9-5-3-6-10-17)18-11-7-4-8-12-18;1-20(2,3)16-8-12-18(13-9-16)22(7)19-14-10-17(11-15-19)21(4,5)6;21-19(22,23)14-6-4-10-17(12-14)27(16-8-2-1-3-9-16)18-11-5-7-15(13-18)20(24,25)26;19-14-6-4-10-17(12-14)21(16-8-2-1-3-9-16)18-11-5-7-15(20)13-18/h3-14,24-26H,15-21H2,1-2H3;3-14H,1-2H3;8-15H,1-7H3;1-13H;1-13H/q5*+1. The average molecular weight is 1950 g/mol. The lowest BCUT2D eigenvalue weighted by Crippen LogP contribution is -2.53. The highest BCUT2D eigenvalue weighted by Gasteiger charge is 2.54. The van der Waals surface area contributed by atoms with Crippen LogP contribution in [0.25, 0.3) is 0 Å². The molecule has 0 heterocycles. The molecule has 18 rings (SSSR count). The summed E-state index contributed by atoms with van der Waals surface area (Å²) in [6.07, 6.45) is 0.433. The van der Waals surface area contributed by atoms with Gasteiger partial charge in [0.05, 0.1) is 65.6 Å². The highest BCUT2D eigenvalue weighted by Crippen LogP contribution is 2.57. The van der Waals surface area contributed by atoms with Crippen LogP contribution in [0.1, 0.15) is 125 Å². The van der Waals surface area contributed by atoms with Crippen LogP contribution in [-0.4, -0.2) is 38.4 Å². The van der Waals surface area contributed by atoms with Crippen molar-refractivity contribution in [3.63, 3.8) is 0 Å². The molecule has 4 bridgehead atoms. The number of rotatable bonds is 20. The van der Waals surface area contributed by atoms with Gasteiger partial charge >= 0.3 is 33.9 Å². The number of halogens is 11. The Kier molecular flexibility index (Phi) is 33.1. The van der Waals surface area contributed by atoms with Crippen LogP contribution in [0.15, 0.2) is 420 Å². The van der Waals surface area contributed by atoms with Gasteiger partial charge in [0.15, 0.2) is 75.1 Å². The number of hydrogen-bond donors (Lipinski definition) is 0. The molecule has 0 aromatic heterocycles. The van der Waals surface area contributed by atoms with Crippen molar-refractivity contribution in [3.05, 3.63) is 408 Å². The molecule has 135 heavy (non-hydrogen) atoms. The molecule has 14 aromatic rings. The van der Waals surface area contributed by atoms with E-state index in [4.69, 9.17) is 9.47 Å². The average Bonchev–Trinajstić information content (AvgIpc) is 0.744.